The van der Waals surface area contributed by atoms with E-state index in [4.69, 9.17) is 19.2 Å². The Morgan fingerprint density at radius 1 is 0.939 bits per heavy atom. The smallest absolute Gasteiger partial charge is 0.139 e. The molecule has 0 bridgehead atoms. The second-order valence-electron chi connectivity index (χ2n) is 8.44. The van der Waals surface area contributed by atoms with Gasteiger partial charge in [-0.2, -0.15) is 0 Å². The van der Waals surface area contributed by atoms with Crippen LogP contribution < -0.4 is 14.4 Å². The Morgan fingerprint density at radius 3 is 2.39 bits per heavy atom. The van der Waals surface area contributed by atoms with Crippen LogP contribution in [0, 0.1) is 0 Å². The third-order valence-corrected chi connectivity index (χ3v) is 7.05. The van der Waals surface area contributed by atoms with Gasteiger partial charge in [0, 0.05) is 75.0 Å². The van der Waals surface area contributed by atoms with E-state index in [1.54, 1.807) is 14.2 Å². The topological polar surface area (TPSA) is 54.7 Å². The summed E-state index contributed by atoms with van der Waals surface area (Å²) in [6.45, 7) is 9.00. The summed E-state index contributed by atoms with van der Waals surface area (Å²) in [5.74, 6) is 1.46. The maximum Gasteiger partial charge on any atom is 0.139 e. The number of hydrogen-bond donors (Lipinski definition) is 0. The molecule has 0 atom stereocenters. The molecule has 2 aromatic heterocycles. The number of morpholine rings is 1. The zero-order valence-electron chi connectivity index (χ0n) is 19.2. The minimum absolute atomic E-state index is 0.731. The molecule has 0 N–H and O–H groups in total. The number of methoxy groups -OCH3 is 2. The summed E-state index contributed by atoms with van der Waals surface area (Å²) in [5, 5.41) is 0. The van der Waals surface area contributed by atoms with Crippen LogP contribution in [0.15, 0.2) is 41.1 Å². The Kier molecular flexibility index (Phi) is 6.73. The number of hydrogen-bond acceptors (Lipinski definition) is 7. The van der Waals surface area contributed by atoms with Crippen LogP contribution in [0.1, 0.15) is 0 Å². The van der Waals surface area contributed by atoms with Gasteiger partial charge in [-0.05, 0) is 28.1 Å². The van der Waals surface area contributed by atoms with Crippen molar-refractivity contribution in [2.45, 2.75) is 0 Å². The van der Waals surface area contributed by atoms with E-state index in [1.165, 1.54) is 5.69 Å². The second-order valence-corrected chi connectivity index (χ2v) is 9.29. The first-order chi connectivity index (χ1) is 16.1. The number of benzene rings is 1. The molecule has 0 saturated carbocycles. The highest BCUT2D eigenvalue weighted by molar-refractivity contribution is 9.10. The number of ether oxygens (including phenoxy) is 3. The first kappa shape index (κ1) is 22.5. The molecule has 4 heterocycles. The molecule has 0 amide bonds. The first-order valence-corrected chi connectivity index (χ1v) is 12.1. The molecule has 9 heteroatoms. The number of fused-ring (bicyclic) bond motifs is 1. The Labute approximate surface area is 202 Å². The molecule has 176 valence electrons. The minimum atomic E-state index is 0.731. The predicted octanol–water partition coefficient (Wildman–Crippen LogP) is 3.19. The van der Waals surface area contributed by atoms with Gasteiger partial charge < -0.3 is 23.5 Å². The SMILES string of the molecule is COc1cc(OC)c(-c2cn3ccc(N4CCN(CN5CCOCC5)CC4)cc3n2)cc1Br. The van der Waals surface area contributed by atoms with E-state index in [2.05, 4.69) is 53.4 Å². The van der Waals surface area contributed by atoms with Crippen LogP contribution in [-0.4, -0.2) is 92.6 Å². The average molecular weight is 516 g/mol. The quantitative estimate of drug-likeness (QED) is 0.499. The molecular formula is C24H30BrN5O3. The van der Waals surface area contributed by atoms with Crippen molar-refractivity contribution < 1.29 is 14.2 Å². The largest absolute Gasteiger partial charge is 0.496 e. The third kappa shape index (κ3) is 4.82. The van der Waals surface area contributed by atoms with Gasteiger partial charge in [0.2, 0.25) is 0 Å². The van der Waals surface area contributed by atoms with E-state index in [-0.39, 0.29) is 0 Å². The molecule has 2 aliphatic heterocycles. The average Bonchev–Trinajstić information content (AvgIpc) is 3.28. The van der Waals surface area contributed by atoms with Crippen LogP contribution in [0.5, 0.6) is 11.5 Å². The van der Waals surface area contributed by atoms with E-state index >= 15 is 0 Å². The van der Waals surface area contributed by atoms with Crippen molar-refractivity contribution in [2.24, 2.45) is 0 Å². The maximum atomic E-state index is 5.60. The summed E-state index contributed by atoms with van der Waals surface area (Å²) in [6, 6.07) is 8.22. The molecule has 2 saturated heterocycles. The van der Waals surface area contributed by atoms with E-state index in [0.717, 1.165) is 92.0 Å². The number of aromatic nitrogens is 2. The molecule has 3 aromatic rings. The van der Waals surface area contributed by atoms with Gasteiger partial charge in [-0.15, -0.1) is 0 Å². The number of rotatable bonds is 6. The van der Waals surface area contributed by atoms with Crippen LogP contribution >= 0.6 is 15.9 Å². The zero-order chi connectivity index (χ0) is 22.8. The molecule has 2 fully saturated rings. The summed E-state index contributed by atoms with van der Waals surface area (Å²) < 4.78 is 19.4. The van der Waals surface area contributed by atoms with Gasteiger partial charge in [0.25, 0.3) is 0 Å². The number of pyridine rings is 1. The van der Waals surface area contributed by atoms with Gasteiger partial charge in [0.1, 0.15) is 17.1 Å². The normalized spacial score (nSPS) is 18.1. The van der Waals surface area contributed by atoms with E-state index < -0.39 is 0 Å². The van der Waals surface area contributed by atoms with Crippen molar-refractivity contribution in [3.8, 4) is 22.8 Å². The Bertz CT molecular complexity index is 1110. The van der Waals surface area contributed by atoms with Crippen molar-refractivity contribution >= 4 is 27.3 Å². The van der Waals surface area contributed by atoms with E-state index in [0.29, 0.717) is 0 Å². The van der Waals surface area contributed by atoms with Gasteiger partial charge in [-0.25, -0.2) is 4.98 Å². The molecule has 8 nitrogen and oxygen atoms in total. The standard InChI is InChI=1S/C24H30BrN5O3/c1-31-22-15-23(32-2)20(25)14-19(22)21-16-30-4-3-18(13-24(30)26-21)29-7-5-27(6-8-29)17-28-9-11-33-12-10-28/h3-4,13-16H,5-12,17H2,1-2H3. The Morgan fingerprint density at radius 2 is 1.67 bits per heavy atom. The fourth-order valence-electron chi connectivity index (χ4n) is 4.53. The highest BCUT2D eigenvalue weighted by Gasteiger charge is 2.21. The molecule has 0 aliphatic carbocycles. The molecule has 0 unspecified atom stereocenters. The number of anilines is 1. The minimum Gasteiger partial charge on any atom is -0.496 e. The zero-order valence-corrected chi connectivity index (χ0v) is 20.8. The van der Waals surface area contributed by atoms with Crippen molar-refractivity contribution in [3.05, 3.63) is 41.1 Å². The fraction of sp³-hybridized carbons (Fsp3) is 0.458. The fourth-order valence-corrected chi connectivity index (χ4v) is 5.04. The van der Waals surface area contributed by atoms with E-state index in [9.17, 15) is 0 Å². The molecule has 0 radical (unpaired) electrons. The lowest BCUT2D eigenvalue weighted by Crippen LogP contribution is -2.51. The summed E-state index contributed by atoms with van der Waals surface area (Å²) in [5.41, 5.74) is 3.93. The second kappa shape index (κ2) is 9.89. The maximum absolute atomic E-state index is 5.60. The number of imidazole rings is 1. The lowest BCUT2D eigenvalue weighted by molar-refractivity contribution is 0.00884. The van der Waals surface area contributed by atoms with Crippen LogP contribution in [0.4, 0.5) is 5.69 Å². The molecule has 5 rings (SSSR count). The highest BCUT2D eigenvalue weighted by Crippen LogP contribution is 2.38. The first-order valence-electron chi connectivity index (χ1n) is 11.3. The number of halogens is 1. The van der Waals surface area contributed by atoms with Crippen LogP contribution in [0.25, 0.3) is 16.9 Å². The van der Waals surface area contributed by atoms with Crippen LogP contribution in [-0.2, 0) is 4.74 Å². The Hall–Kier alpha value is -2.33. The molecule has 0 spiro atoms. The summed E-state index contributed by atoms with van der Waals surface area (Å²) in [4.78, 5) is 12.4. The summed E-state index contributed by atoms with van der Waals surface area (Å²) >= 11 is 3.58. The van der Waals surface area contributed by atoms with Crippen molar-refractivity contribution in [2.75, 3.05) is 78.3 Å². The number of piperazine rings is 1. The molecular weight excluding hydrogens is 486 g/mol. The monoisotopic (exact) mass is 515 g/mol. The van der Waals surface area contributed by atoms with Gasteiger partial charge in [0.15, 0.2) is 0 Å². The number of nitrogens with zero attached hydrogens (tertiary/aromatic N) is 5. The van der Waals surface area contributed by atoms with Crippen LogP contribution in [0.2, 0.25) is 0 Å². The van der Waals surface area contributed by atoms with Crippen molar-refractivity contribution in [3.63, 3.8) is 0 Å². The van der Waals surface area contributed by atoms with Crippen molar-refractivity contribution in [1.82, 2.24) is 19.2 Å². The molecule has 1 aromatic carbocycles. The van der Waals surface area contributed by atoms with Gasteiger partial charge >= 0.3 is 0 Å². The highest BCUT2D eigenvalue weighted by atomic mass is 79.9. The molecule has 2 aliphatic rings. The van der Waals surface area contributed by atoms with Crippen LogP contribution in [0.3, 0.4) is 0 Å². The lowest BCUT2D eigenvalue weighted by Gasteiger charge is -2.39. The predicted molar refractivity (Wildman–Crippen MR) is 132 cm³/mol. The third-order valence-electron chi connectivity index (χ3n) is 6.43. The summed E-state index contributed by atoms with van der Waals surface area (Å²) in [7, 11) is 3.31. The Balaban J connectivity index is 1.31. The van der Waals surface area contributed by atoms with Gasteiger partial charge in [-0.1, -0.05) is 0 Å². The van der Waals surface area contributed by atoms with Crippen molar-refractivity contribution in [1.29, 1.82) is 0 Å². The van der Waals surface area contributed by atoms with Gasteiger partial charge in [-0.3, -0.25) is 9.80 Å². The van der Waals surface area contributed by atoms with E-state index in [1.807, 2.05) is 18.3 Å². The summed E-state index contributed by atoms with van der Waals surface area (Å²) in [6.07, 6.45) is 4.13. The lowest BCUT2D eigenvalue weighted by atomic mass is 10.1. The van der Waals surface area contributed by atoms with Gasteiger partial charge in [0.05, 0.1) is 44.3 Å². The molecule has 33 heavy (non-hydrogen) atoms.